The summed E-state index contributed by atoms with van der Waals surface area (Å²) in [7, 11) is -3.66. The van der Waals surface area contributed by atoms with E-state index in [2.05, 4.69) is 5.32 Å². The van der Waals surface area contributed by atoms with Crippen LogP contribution in [0.1, 0.15) is 24.8 Å². The van der Waals surface area contributed by atoms with Crippen molar-refractivity contribution in [2.45, 2.75) is 30.8 Å². The first-order valence-corrected chi connectivity index (χ1v) is 10.2. The Morgan fingerprint density at radius 2 is 1.78 bits per heavy atom. The molecule has 1 heterocycles. The van der Waals surface area contributed by atoms with Crippen LogP contribution in [-0.4, -0.2) is 37.0 Å². The number of nitrogens with one attached hydrogen (secondary N) is 1. The lowest BCUT2D eigenvalue weighted by atomic mass is 10.2. The van der Waals surface area contributed by atoms with Crippen LogP contribution in [0.3, 0.4) is 0 Å². The summed E-state index contributed by atoms with van der Waals surface area (Å²) in [5.74, 6) is -0.232. The number of hydrogen-bond acceptors (Lipinski definition) is 5. The Hall–Kier alpha value is -2.58. The van der Waals surface area contributed by atoms with E-state index in [1.54, 1.807) is 0 Å². The molecule has 0 bridgehead atoms. The van der Waals surface area contributed by atoms with Gasteiger partial charge in [-0.3, -0.25) is 5.32 Å². The van der Waals surface area contributed by atoms with Crippen LogP contribution in [0.5, 0.6) is 5.75 Å². The van der Waals surface area contributed by atoms with Gasteiger partial charge in [-0.25, -0.2) is 13.2 Å². The lowest BCUT2D eigenvalue weighted by Gasteiger charge is -2.26. The van der Waals surface area contributed by atoms with E-state index in [9.17, 15) is 18.3 Å². The fraction of sp³-hybridized carbons (Fsp3) is 0.316. The van der Waals surface area contributed by atoms with Crippen LogP contribution >= 0.6 is 0 Å². The monoisotopic (exact) mass is 390 g/mol. The summed E-state index contributed by atoms with van der Waals surface area (Å²) in [5.41, 5.74) is 0.810. The highest BCUT2D eigenvalue weighted by molar-refractivity contribution is 7.89. The molecule has 0 spiro atoms. The molecule has 1 saturated heterocycles. The zero-order valence-electron chi connectivity index (χ0n) is 14.8. The number of hydrogen-bond donors (Lipinski definition) is 2. The Labute approximate surface area is 158 Å². The molecule has 0 aliphatic carbocycles. The first kappa shape index (κ1) is 19.2. The van der Waals surface area contributed by atoms with E-state index in [4.69, 9.17) is 4.74 Å². The van der Waals surface area contributed by atoms with Gasteiger partial charge in [0.25, 0.3) is 0 Å². The van der Waals surface area contributed by atoms with Crippen LogP contribution in [-0.2, 0) is 21.4 Å². The SMILES string of the molecule is O=C(Nc1cc(S(=O)(=O)N2CCCCC2)ccc1O)OCc1ccccc1. The van der Waals surface area contributed by atoms with E-state index < -0.39 is 16.1 Å². The van der Waals surface area contributed by atoms with Crippen molar-refractivity contribution in [3.8, 4) is 5.75 Å². The maximum absolute atomic E-state index is 12.7. The van der Waals surface area contributed by atoms with Gasteiger partial charge in [0.2, 0.25) is 10.0 Å². The summed E-state index contributed by atoms with van der Waals surface area (Å²) in [4.78, 5) is 12.0. The van der Waals surface area contributed by atoms with E-state index in [1.807, 2.05) is 30.3 Å². The Bertz CT molecular complexity index is 894. The van der Waals surface area contributed by atoms with Gasteiger partial charge in [-0.1, -0.05) is 36.8 Å². The number of anilines is 1. The molecule has 2 N–H and O–H groups in total. The Kier molecular flexibility index (Phi) is 5.98. The largest absolute Gasteiger partial charge is 0.506 e. The molecule has 7 nitrogen and oxygen atoms in total. The smallest absolute Gasteiger partial charge is 0.412 e. The van der Waals surface area contributed by atoms with Gasteiger partial charge >= 0.3 is 6.09 Å². The summed E-state index contributed by atoms with van der Waals surface area (Å²) in [6.07, 6.45) is 1.89. The van der Waals surface area contributed by atoms with Crippen LogP contribution in [0.4, 0.5) is 10.5 Å². The first-order chi connectivity index (χ1) is 13.0. The minimum Gasteiger partial charge on any atom is -0.506 e. The van der Waals surface area contributed by atoms with Crippen LogP contribution in [0, 0.1) is 0 Å². The van der Waals surface area contributed by atoms with E-state index >= 15 is 0 Å². The average molecular weight is 390 g/mol. The zero-order valence-corrected chi connectivity index (χ0v) is 15.6. The third-order valence-corrected chi connectivity index (χ3v) is 6.26. The average Bonchev–Trinajstić information content (AvgIpc) is 2.69. The maximum atomic E-state index is 12.7. The molecule has 8 heteroatoms. The lowest BCUT2D eigenvalue weighted by molar-refractivity contribution is 0.155. The van der Waals surface area contributed by atoms with Crippen molar-refractivity contribution in [2.75, 3.05) is 18.4 Å². The zero-order chi connectivity index (χ0) is 19.3. The standard InChI is InChI=1S/C19H22N2O5S/c22-18-10-9-16(27(24,25)21-11-5-2-6-12-21)13-17(18)20-19(23)26-14-15-7-3-1-4-8-15/h1,3-4,7-10,13,22H,2,5-6,11-12,14H2,(H,20,23). The van der Waals surface area contributed by atoms with Crippen molar-refractivity contribution in [3.05, 3.63) is 54.1 Å². The number of benzene rings is 2. The minimum absolute atomic E-state index is 0.00820. The molecule has 27 heavy (non-hydrogen) atoms. The normalized spacial score (nSPS) is 15.3. The molecule has 3 rings (SSSR count). The fourth-order valence-electron chi connectivity index (χ4n) is 2.90. The van der Waals surface area contributed by atoms with E-state index in [0.717, 1.165) is 24.8 Å². The predicted molar refractivity (Wildman–Crippen MR) is 101 cm³/mol. The molecule has 1 aliphatic rings. The van der Waals surface area contributed by atoms with Gasteiger partial charge in [-0.2, -0.15) is 4.31 Å². The van der Waals surface area contributed by atoms with E-state index in [-0.39, 0.29) is 22.9 Å². The highest BCUT2D eigenvalue weighted by Crippen LogP contribution is 2.29. The van der Waals surface area contributed by atoms with Crippen LogP contribution in [0.15, 0.2) is 53.4 Å². The number of carbonyl (C=O) groups is 1. The van der Waals surface area contributed by atoms with Crippen LogP contribution < -0.4 is 5.32 Å². The number of phenols is 1. The minimum atomic E-state index is -3.66. The van der Waals surface area contributed by atoms with Gasteiger partial charge in [0, 0.05) is 13.1 Å². The van der Waals surface area contributed by atoms with E-state index in [0.29, 0.717) is 13.1 Å². The number of amides is 1. The van der Waals surface area contributed by atoms with E-state index in [1.165, 1.54) is 22.5 Å². The van der Waals surface area contributed by atoms with Gasteiger partial charge in [0.1, 0.15) is 12.4 Å². The molecule has 0 aromatic heterocycles. The Balaban J connectivity index is 1.70. The third kappa shape index (κ3) is 4.78. The summed E-state index contributed by atoms with van der Waals surface area (Å²) in [6, 6.07) is 13.0. The fourth-order valence-corrected chi connectivity index (χ4v) is 4.44. The topological polar surface area (TPSA) is 95.9 Å². The quantitative estimate of drug-likeness (QED) is 0.764. The number of sulfonamides is 1. The number of nitrogens with zero attached hydrogens (tertiary/aromatic N) is 1. The molecule has 144 valence electrons. The van der Waals surface area contributed by atoms with Gasteiger partial charge in [0.05, 0.1) is 10.6 Å². The van der Waals surface area contributed by atoms with Crippen molar-refractivity contribution in [1.82, 2.24) is 4.31 Å². The summed E-state index contributed by atoms with van der Waals surface area (Å²) < 4.78 is 32.0. The molecular weight excluding hydrogens is 368 g/mol. The molecular formula is C19H22N2O5S. The molecule has 0 unspecified atom stereocenters. The Morgan fingerprint density at radius 1 is 1.07 bits per heavy atom. The first-order valence-electron chi connectivity index (χ1n) is 8.78. The number of rotatable bonds is 5. The summed E-state index contributed by atoms with van der Waals surface area (Å²) >= 11 is 0. The number of ether oxygens (including phenoxy) is 1. The second kappa shape index (κ2) is 8.41. The highest BCUT2D eigenvalue weighted by atomic mass is 32.2. The van der Waals surface area contributed by atoms with Gasteiger partial charge in [-0.15, -0.1) is 0 Å². The summed E-state index contributed by atoms with van der Waals surface area (Å²) in [6.45, 7) is 1.02. The Morgan fingerprint density at radius 3 is 2.48 bits per heavy atom. The molecule has 2 aromatic carbocycles. The number of aromatic hydroxyl groups is 1. The molecule has 1 aliphatic heterocycles. The number of phenolic OH excluding ortho intramolecular Hbond substituents is 1. The van der Waals surface area contributed by atoms with Gasteiger partial charge < -0.3 is 9.84 Å². The summed E-state index contributed by atoms with van der Waals surface area (Å²) in [5, 5.41) is 12.4. The van der Waals surface area contributed by atoms with Gasteiger partial charge in [-0.05, 0) is 36.6 Å². The number of piperidine rings is 1. The molecule has 0 atom stereocenters. The molecule has 0 saturated carbocycles. The molecule has 1 fully saturated rings. The van der Waals surface area contributed by atoms with Gasteiger partial charge in [0.15, 0.2) is 0 Å². The third-order valence-electron chi connectivity index (χ3n) is 4.37. The molecule has 2 aromatic rings. The second-order valence-corrected chi connectivity index (χ2v) is 8.27. The van der Waals surface area contributed by atoms with Crippen molar-refractivity contribution in [3.63, 3.8) is 0 Å². The second-order valence-electron chi connectivity index (χ2n) is 6.33. The molecule has 0 radical (unpaired) electrons. The van der Waals surface area contributed by atoms with Crippen LogP contribution in [0.25, 0.3) is 0 Å². The van der Waals surface area contributed by atoms with Crippen molar-refractivity contribution < 1.29 is 23.1 Å². The predicted octanol–water partition coefficient (Wildman–Crippen LogP) is 3.32. The maximum Gasteiger partial charge on any atom is 0.412 e. The van der Waals surface area contributed by atoms with Crippen molar-refractivity contribution in [2.24, 2.45) is 0 Å². The van der Waals surface area contributed by atoms with Crippen LogP contribution in [0.2, 0.25) is 0 Å². The molecule has 1 amide bonds. The number of carbonyl (C=O) groups excluding carboxylic acids is 1. The van der Waals surface area contributed by atoms with Crippen molar-refractivity contribution >= 4 is 21.8 Å². The lowest BCUT2D eigenvalue weighted by Crippen LogP contribution is -2.35. The highest BCUT2D eigenvalue weighted by Gasteiger charge is 2.26. The van der Waals surface area contributed by atoms with Crippen molar-refractivity contribution in [1.29, 1.82) is 0 Å².